The Labute approximate surface area is 154 Å². The standard InChI is InChI=1S/C21H36N2S/c1-7-10-12-17(6)22-21(24)23-20-18(15(4)8-2)13-11-14-19(20)16(5)9-3/h11,13-17H,7-10,12H2,1-6H3,(H2,22,23,24). The molecule has 0 spiro atoms. The van der Waals surface area contributed by atoms with Crippen molar-refractivity contribution in [2.75, 3.05) is 5.32 Å². The molecule has 0 radical (unpaired) electrons. The monoisotopic (exact) mass is 348 g/mol. The third-order valence-corrected chi connectivity index (χ3v) is 5.24. The van der Waals surface area contributed by atoms with Crippen molar-refractivity contribution in [3.05, 3.63) is 29.3 Å². The largest absolute Gasteiger partial charge is 0.360 e. The number of para-hydroxylation sites is 1. The van der Waals surface area contributed by atoms with Gasteiger partial charge in [-0.1, -0.05) is 65.7 Å². The molecule has 0 fully saturated rings. The van der Waals surface area contributed by atoms with Gasteiger partial charge in [-0.05, 0) is 61.4 Å². The fourth-order valence-corrected chi connectivity index (χ4v) is 3.25. The van der Waals surface area contributed by atoms with Crippen molar-refractivity contribution in [2.24, 2.45) is 0 Å². The number of thiocarbonyl (C=S) groups is 1. The average molecular weight is 349 g/mol. The van der Waals surface area contributed by atoms with E-state index in [0.29, 0.717) is 17.9 Å². The van der Waals surface area contributed by atoms with Gasteiger partial charge in [-0.3, -0.25) is 0 Å². The van der Waals surface area contributed by atoms with Gasteiger partial charge in [0.15, 0.2) is 5.11 Å². The summed E-state index contributed by atoms with van der Waals surface area (Å²) in [5.74, 6) is 1.05. The molecule has 136 valence electrons. The number of hydrogen-bond acceptors (Lipinski definition) is 1. The predicted molar refractivity (Wildman–Crippen MR) is 112 cm³/mol. The molecule has 0 aliphatic carbocycles. The first-order valence-corrected chi connectivity index (χ1v) is 10.1. The molecule has 1 aromatic rings. The third kappa shape index (κ3) is 6.08. The Kier molecular flexibility index (Phi) is 9.35. The highest BCUT2D eigenvalue weighted by molar-refractivity contribution is 7.80. The van der Waals surface area contributed by atoms with Crippen LogP contribution < -0.4 is 10.6 Å². The maximum atomic E-state index is 5.61. The molecular weight excluding hydrogens is 312 g/mol. The summed E-state index contributed by atoms with van der Waals surface area (Å²) in [6, 6.07) is 7.08. The first-order chi connectivity index (χ1) is 11.4. The van der Waals surface area contributed by atoms with Crippen molar-refractivity contribution in [1.82, 2.24) is 5.32 Å². The molecule has 3 heteroatoms. The molecule has 0 amide bonds. The van der Waals surface area contributed by atoms with E-state index < -0.39 is 0 Å². The van der Waals surface area contributed by atoms with E-state index in [1.165, 1.54) is 29.7 Å². The van der Waals surface area contributed by atoms with Crippen LogP contribution in [0, 0.1) is 0 Å². The van der Waals surface area contributed by atoms with E-state index in [2.05, 4.69) is 70.4 Å². The molecule has 0 heterocycles. The molecule has 2 nitrogen and oxygen atoms in total. The molecular formula is C21H36N2S. The fourth-order valence-electron chi connectivity index (χ4n) is 2.95. The predicted octanol–water partition coefficient (Wildman–Crippen LogP) is 6.58. The van der Waals surface area contributed by atoms with Crippen molar-refractivity contribution >= 4 is 23.0 Å². The van der Waals surface area contributed by atoms with Gasteiger partial charge in [0, 0.05) is 11.7 Å². The van der Waals surface area contributed by atoms with Crippen LogP contribution in [0.4, 0.5) is 5.69 Å². The minimum atomic E-state index is 0.410. The van der Waals surface area contributed by atoms with E-state index in [0.717, 1.165) is 24.4 Å². The summed E-state index contributed by atoms with van der Waals surface area (Å²) < 4.78 is 0. The van der Waals surface area contributed by atoms with Crippen LogP contribution in [-0.2, 0) is 0 Å². The van der Waals surface area contributed by atoms with Crippen LogP contribution in [0.25, 0.3) is 0 Å². The summed E-state index contributed by atoms with van der Waals surface area (Å²) in [7, 11) is 0. The SMILES string of the molecule is CCCCC(C)NC(=S)Nc1c(C(C)CC)cccc1C(C)CC. The second-order valence-corrected chi connectivity index (χ2v) is 7.48. The first kappa shape index (κ1) is 21.0. The van der Waals surface area contributed by atoms with Crippen LogP contribution in [0.2, 0.25) is 0 Å². The normalized spacial score (nSPS) is 14.8. The van der Waals surface area contributed by atoms with Gasteiger partial charge in [-0.25, -0.2) is 0 Å². The minimum Gasteiger partial charge on any atom is -0.360 e. The molecule has 0 aliphatic rings. The quantitative estimate of drug-likeness (QED) is 0.493. The van der Waals surface area contributed by atoms with E-state index in [9.17, 15) is 0 Å². The maximum Gasteiger partial charge on any atom is 0.171 e. The molecule has 0 bridgehead atoms. The summed E-state index contributed by atoms with van der Waals surface area (Å²) in [5, 5.41) is 7.74. The van der Waals surface area contributed by atoms with E-state index in [1.54, 1.807) is 0 Å². The smallest absolute Gasteiger partial charge is 0.171 e. The highest BCUT2D eigenvalue weighted by Gasteiger charge is 2.17. The molecule has 0 saturated carbocycles. The summed E-state index contributed by atoms with van der Waals surface area (Å²) in [5.41, 5.74) is 3.97. The van der Waals surface area contributed by atoms with Gasteiger partial charge in [-0.2, -0.15) is 0 Å². The van der Waals surface area contributed by atoms with Crippen LogP contribution >= 0.6 is 12.2 Å². The number of anilines is 1. The molecule has 3 atom stereocenters. The van der Waals surface area contributed by atoms with Gasteiger partial charge in [0.05, 0.1) is 0 Å². The van der Waals surface area contributed by atoms with Gasteiger partial charge in [0.2, 0.25) is 0 Å². The zero-order valence-electron chi connectivity index (χ0n) is 16.4. The summed E-state index contributed by atoms with van der Waals surface area (Å²) in [4.78, 5) is 0. The van der Waals surface area contributed by atoms with Crippen LogP contribution in [0.5, 0.6) is 0 Å². The average Bonchev–Trinajstić information content (AvgIpc) is 2.58. The topological polar surface area (TPSA) is 24.1 Å². The fraction of sp³-hybridized carbons (Fsp3) is 0.667. The van der Waals surface area contributed by atoms with Crippen LogP contribution in [0.1, 0.15) is 96.6 Å². The second kappa shape index (κ2) is 10.7. The molecule has 0 aliphatic heterocycles. The Morgan fingerprint density at radius 1 is 1.00 bits per heavy atom. The number of hydrogen-bond donors (Lipinski definition) is 2. The minimum absolute atomic E-state index is 0.410. The second-order valence-electron chi connectivity index (χ2n) is 7.07. The number of nitrogens with one attached hydrogen (secondary N) is 2. The molecule has 1 aromatic carbocycles. The lowest BCUT2D eigenvalue weighted by Gasteiger charge is -2.24. The molecule has 0 aromatic heterocycles. The maximum absolute atomic E-state index is 5.61. The van der Waals surface area contributed by atoms with E-state index in [-0.39, 0.29) is 0 Å². The Morgan fingerprint density at radius 3 is 2.00 bits per heavy atom. The molecule has 1 rings (SSSR count). The summed E-state index contributed by atoms with van der Waals surface area (Å²) in [6.07, 6.45) is 5.88. The van der Waals surface area contributed by atoms with Gasteiger partial charge < -0.3 is 10.6 Å². The van der Waals surface area contributed by atoms with E-state index in [1.807, 2.05) is 0 Å². The molecule has 2 N–H and O–H groups in total. The number of unbranched alkanes of at least 4 members (excludes halogenated alkanes) is 1. The first-order valence-electron chi connectivity index (χ1n) is 9.64. The van der Waals surface area contributed by atoms with E-state index in [4.69, 9.17) is 12.2 Å². The van der Waals surface area contributed by atoms with Gasteiger partial charge >= 0.3 is 0 Å². The summed E-state index contributed by atoms with van der Waals surface area (Å²) >= 11 is 5.61. The van der Waals surface area contributed by atoms with Crippen LogP contribution in [-0.4, -0.2) is 11.2 Å². The molecule has 0 saturated heterocycles. The van der Waals surface area contributed by atoms with Gasteiger partial charge in [0.25, 0.3) is 0 Å². The molecule has 24 heavy (non-hydrogen) atoms. The van der Waals surface area contributed by atoms with Crippen molar-refractivity contribution in [1.29, 1.82) is 0 Å². The lowest BCUT2D eigenvalue weighted by molar-refractivity contribution is 0.573. The van der Waals surface area contributed by atoms with Crippen molar-refractivity contribution in [2.45, 2.75) is 91.5 Å². The third-order valence-electron chi connectivity index (χ3n) is 5.02. The Morgan fingerprint density at radius 2 is 1.54 bits per heavy atom. The zero-order valence-corrected chi connectivity index (χ0v) is 17.2. The highest BCUT2D eigenvalue weighted by Crippen LogP contribution is 2.34. The van der Waals surface area contributed by atoms with Crippen LogP contribution in [0.15, 0.2) is 18.2 Å². The van der Waals surface area contributed by atoms with Crippen molar-refractivity contribution in [3.63, 3.8) is 0 Å². The lowest BCUT2D eigenvalue weighted by atomic mass is 9.89. The highest BCUT2D eigenvalue weighted by atomic mass is 32.1. The zero-order chi connectivity index (χ0) is 18.1. The van der Waals surface area contributed by atoms with Gasteiger partial charge in [-0.15, -0.1) is 0 Å². The lowest BCUT2D eigenvalue weighted by Crippen LogP contribution is -2.36. The number of benzene rings is 1. The summed E-state index contributed by atoms with van der Waals surface area (Å²) in [6.45, 7) is 13.5. The Hall–Kier alpha value is -1.09. The van der Waals surface area contributed by atoms with Crippen LogP contribution in [0.3, 0.4) is 0 Å². The Bertz CT molecular complexity index is 484. The number of rotatable bonds is 9. The van der Waals surface area contributed by atoms with E-state index >= 15 is 0 Å². The molecule has 3 unspecified atom stereocenters. The van der Waals surface area contributed by atoms with Crippen molar-refractivity contribution < 1.29 is 0 Å². The Balaban J connectivity index is 2.99. The van der Waals surface area contributed by atoms with Crippen molar-refractivity contribution in [3.8, 4) is 0 Å². The van der Waals surface area contributed by atoms with Gasteiger partial charge in [0.1, 0.15) is 0 Å².